The van der Waals surface area contributed by atoms with Gasteiger partial charge in [0.05, 0.1) is 6.10 Å². The Labute approximate surface area is 140 Å². The number of esters is 1. The summed E-state index contributed by atoms with van der Waals surface area (Å²) in [5, 5.41) is 0. The highest BCUT2D eigenvalue weighted by Gasteiger charge is 2.22. The lowest BCUT2D eigenvalue weighted by Gasteiger charge is -2.33. The molecular weight excluding hydrogens is 346 g/mol. The van der Waals surface area contributed by atoms with Gasteiger partial charge in [0.2, 0.25) is 0 Å². The van der Waals surface area contributed by atoms with Gasteiger partial charge in [0.15, 0.2) is 0 Å². The van der Waals surface area contributed by atoms with Gasteiger partial charge >= 0.3 is 5.97 Å². The van der Waals surface area contributed by atoms with Crippen molar-refractivity contribution in [1.82, 2.24) is 0 Å². The van der Waals surface area contributed by atoms with Crippen LogP contribution in [0.1, 0.15) is 33.6 Å². The normalized spacial score (nSPS) is 16.6. The second-order valence-electron chi connectivity index (χ2n) is 6.56. The Kier molecular flexibility index (Phi) is 5.87. The average Bonchev–Trinajstić information content (AvgIpc) is 2.45. The molecule has 0 radical (unpaired) electrons. The Morgan fingerprint density at radius 2 is 1.82 bits per heavy atom. The lowest BCUT2D eigenvalue weighted by Crippen LogP contribution is -2.38. The van der Waals surface area contributed by atoms with E-state index >= 15 is 0 Å². The van der Waals surface area contributed by atoms with E-state index in [1.807, 2.05) is 20.8 Å². The number of hydrogen-bond donors (Lipinski definition) is 0. The van der Waals surface area contributed by atoms with E-state index < -0.39 is 5.60 Å². The molecule has 122 valence electrons. The van der Waals surface area contributed by atoms with E-state index in [1.54, 1.807) is 0 Å². The maximum absolute atomic E-state index is 11.7. The van der Waals surface area contributed by atoms with E-state index in [0.29, 0.717) is 0 Å². The molecule has 0 spiro atoms. The Balaban J connectivity index is 1.73. The fourth-order valence-electron chi connectivity index (χ4n) is 2.49. The fraction of sp³-hybridized carbons (Fsp3) is 0.588. The molecule has 0 saturated carbocycles. The van der Waals surface area contributed by atoms with Crippen molar-refractivity contribution < 1.29 is 14.3 Å². The van der Waals surface area contributed by atoms with Crippen LogP contribution in [0.4, 0.5) is 5.69 Å². The Hall–Kier alpha value is -1.07. The summed E-state index contributed by atoms with van der Waals surface area (Å²) in [6.45, 7) is 7.52. The quantitative estimate of drug-likeness (QED) is 0.757. The molecule has 4 nitrogen and oxygen atoms in total. The molecule has 0 bridgehead atoms. The van der Waals surface area contributed by atoms with Crippen molar-refractivity contribution in [1.29, 1.82) is 0 Å². The number of anilines is 1. The van der Waals surface area contributed by atoms with Crippen LogP contribution >= 0.6 is 15.9 Å². The maximum Gasteiger partial charge on any atom is 0.332 e. The van der Waals surface area contributed by atoms with Crippen molar-refractivity contribution >= 4 is 27.6 Å². The lowest BCUT2D eigenvalue weighted by atomic mass is 10.1. The minimum Gasteiger partial charge on any atom is -0.458 e. The molecule has 1 saturated heterocycles. The first kappa shape index (κ1) is 17.3. The van der Waals surface area contributed by atoms with E-state index in [2.05, 4.69) is 45.1 Å². The van der Waals surface area contributed by atoms with Crippen molar-refractivity contribution in [2.45, 2.75) is 45.3 Å². The first-order valence-corrected chi connectivity index (χ1v) is 8.47. The fourth-order valence-corrected chi connectivity index (χ4v) is 2.75. The van der Waals surface area contributed by atoms with Crippen molar-refractivity contribution in [3.63, 3.8) is 0 Å². The monoisotopic (exact) mass is 369 g/mol. The smallest absolute Gasteiger partial charge is 0.332 e. The minimum atomic E-state index is -0.453. The number of piperidine rings is 1. The minimum absolute atomic E-state index is 0.0419. The third-order valence-electron chi connectivity index (χ3n) is 3.49. The van der Waals surface area contributed by atoms with Crippen LogP contribution in [-0.4, -0.2) is 37.4 Å². The molecule has 0 N–H and O–H groups in total. The lowest BCUT2D eigenvalue weighted by molar-refractivity contribution is -0.162. The number of carbonyl (C=O) groups excluding carboxylic acids is 1. The van der Waals surface area contributed by atoms with Gasteiger partial charge in [0.1, 0.15) is 12.2 Å². The van der Waals surface area contributed by atoms with Crippen LogP contribution in [0.15, 0.2) is 28.7 Å². The summed E-state index contributed by atoms with van der Waals surface area (Å²) in [5.41, 5.74) is 0.777. The second kappa shape index (κ2) is 7.47. The zero-order chi connectivity index (χ0) is 16.2. The van der Waals surface area contributed by atoms with Crippen LogP contribution in [0.25, 0.3) is 0 Å². The molecule has 0 amide bonds. The van der Waals surface area contributed by atoms with Crippen molar-refractivity contribution in [2.75, 3.05) is 24.6 Å². The highest BCUT2D eigenvalue weighted by Crippen LogP contribution is 2.23. The summed E-state index contributed by atoms with van der Waals surface area (Å²) >= 11 is 3.45. The number of rotatable bonds is 4. The van der Waals surface area contributed by atoms with Gasteiger partial charge in [0, 0.05) is 23.2 Å². The molecule has 0 aromatic heterocycles. The number of benzene rings is 1. The van der Waals surface area contributed by atoms with Gasteiger partial charge < -0.3 is 14.4 Å². The Morgan fingerprint density at radius 1 is 1.23 bits per heavy atom. The predicted octanol–water partition coefficient (Wildman–Crippen LogP) is 3.78. The van der Waals surface area contributed by atoms with Gasteiger partial charge in [-0.25, -0.2) is 4.79 Å². The number of halogens is 1. The average molecular weight is 370 g/mol. The molecular formula is C17H24BrNO3. The van der Waals surface area contributed by atoms with Gasteiger partial charge in [-0.2, -0.15) is 0 Å². The van der Waals surface area contributed by atoms with Crippen molar-refractivity contribution in [3.05, 3.63) is 28.7 Å². The van der Waals surface area contributed by atoms with Gasteiger partial charge in [-0.05, 0) is 57.9 Å². The number of hydrogen-bond acceptors (Lipinski definition) is 4. The first-order chi connectivity index (χ1) is 10.3. The van der Waals surface area contributed by atoms with Crippen LogP contribution in [0.5, 0.6) is 0 Å². The summed E-state index contributed by atoms with van der Waals surface area (Å²) in [5.74, 6) is -0.289. The predicted molar refractivity (Wildman–Crippen MR) is 91.2 cm³/mol. The molecule has 0 aliphatic carbocycles. The molecule has 1 aliphatic rings. The Morgan fingerprint density at radius 3 is 2.36 bits per heavy atom. The highest BCUT2D eigenvalue weighted by atomic mass is 79.9. The van der Waals surface area contributed by atoms with E-state index in [1.165, 1.54) is 5.69 Å². The molecule has 0 unspecified atom stereocenters. The van der Waals surface area contributed by atoms with Gasteiger partial charge in [-0.1, -0.05) is 15.9 Å². The van der Waals surface area contributed by atoms with Crippen molar-refractivity contribution in [2.24, 2.45) is 0 Å². The van der Waals surface area contributed by atoms with Crippen LogP contribution in [-0.2, 0) is 14.3 Å². The highest BCUT2D eigenvalue weighted by molar-refractivity contribution is 9.10. The van der Waals surface area contributed by atoms with E-state index in [9.17, 15) is 4.79 Å². The topological polar surface area (TPSA) is 38.8 Å². The zero-order valence-corrected chi connectivity index (χ0v) is 15.1. The largest absolute Gasteiger partial charge is 0.458 e. The van der Waals surface area contributed by atoms with Crippen LogP contribution in [0.2, 0.25) is 0 Å². The van der Waals surface area contributed by atoms with Gasteiger partial charge in [0.25, 0.3) is 0 Å². The number of carbonyl (C=O) groups is 1. The third kappa shape index (κ3) is 5.61. The zero-order valence-electron chi connectivity index (χ0n) is 13.5. The summed E-state index contributed by atoms with van der Waals surface area (Å²) in [4.78, 5) is 14.0. The summed E-state index contributed by atoms with van der Waals surface area (Å²) in [6, 6.07) is 8.35. The summed E-state index contributed by atoms with van der Waals surface area (Å²) in [7, 11) is 0. The second-order valence-corrected chi connectivity index (χ2v) is 7.48. The van der Waals surface area contributed by atoms with E-state index in [-0.39, 0.29) is 18.7 Å². The van der Waals surface area contributed by atoms with Crippen LogP contribution in [0.3, 0.4) is 0 Å². The number of nitrogens with zero attached hydrogens (tertiary/aromatic N) is 1. The van der Waals surface area contributed by atoms with Crippen LogP contribution < -0.4 is 4.90 Å². The third-order valence-corrected chi connectivity index (χ3v) is 4.02. The Bertz CT molecular complexity index is 488. The molecule has 5 heteroatoms. The van der Waals surface area contributed by atoms with Gasteiger partial charge in [-0.15, -0.1) is 0 Å². The van der Waals surface area contributed by atoms with Gasteiger partial charge in [-0.3, -0.25) is 0 Å². The first-order valence-electron chi connectivity index (χ1n) is 7.67. The maximum atomic E-state index is 11.7. The summed E-state index contributed by atoms with van der Waals surface area (Å²) in [6.07, 6.45) is 2.00. The summed E-state index contributed by atoms with van der Waals surface area (Å²) < 4.78 is 12.0. The number of ether oxygens (including phenoxy) is 2. The van der Waals surface area contributed by atoms with E-state index in [4.69, 9.17) is 9.47 Å². The molecule has 0 atom stereocenters. The van der Waals surface area contributed by atoms with E-state index in [0.717, 1.165) is 30.4 Å². The SMILES string of the molecule is CC(C)(C)OC(=O)COC1CCN(c2ccc(Br)cc2)CC1. The van der Waals surface area contributed by atoms with Crippen molar-refractivity contribution in [3.8, 4) is 0 Å². The molecule has 1 aliphatic heterocycles. The molecule has 1 aromatic rings. The molecule has 2 rings (SSSR count). The molecule has 22 heavy (non-hydrogen) atoms. The molecule has 1 aromatic carbocycles. The molecule has 1 heterocycles. The van der Waals surface area contributed by atoms with Crippen LogP contribution in [0, 0.1) is 0 Å². The standard InChI is InChI=1S/C17H24BrNO3/c1-17(2,3)22-16(20)12-21-15-8-10-19(11-9-15)14-6-4-13(18)5-7-14/h4-7,15H,8-12H2,1-3H3. The molecule has 1 fully saturated rings.